The highest BCUT2D eigenvalue weighted by molar-refractivity contribution is 5.81. The first-order valence-corrected chi connectivity index (χ1v) is 6.90. The molecule has 4 heteroatoms. The fraction of sp³-hybridized carbons (Fsp3) is 0.923. The average Bonchev–Trinajstić information content (AvgIpc) is 2.36. The van der Waals surface area contributed by atoms with E-state index in [-0.39, 0.29) is 11.9 Å². The Hall–Kier alpha value is -0.610. The van der Waals surface area contributed by atoms with Crippen molar-refractivity contribution in [2.24, 2.45) is 11.7 Å². The molecular formula is C13H27N3O. The fourth-order valence-electron chi connectivity index (χ4n) is 2.43. The topological polar surface area (TPSA) is 58.4 Å². The number of amides is 1. The molecule has 0 aliphatic carbocycles. The van der Waals surface area contributed by atoms with Crippen LogP contribution in [0.25, 0.3) is 0 Å². The van der Waals surface area contributed by atoms with Gasteiger partial charge in [-0.05, 0) is 58.2 Å². The zero-order chi connectivity index (χ0) is 12.7. The van der Waals surface area contributed by atoms with Crippen molar-refractivity contribution in [1.82, 2.24) is 10.2 Å². The van der Waals surface area contributed by atoms with Crippen molar-refractivity contribution in [3.05, 3.63) is 0 Å². The smallest absolute Gasteiger partial charge is 0.237 e. The molecule has 1 atom stereocenters. The summed E-state index contributed by atoms with van der Waals surface area (Å²) >= 11 is 0. The predicted molar refractivity (Wildman–Crippen MR) is 70.7 cm³/mol. The third-order valence-electron chi connectivity index (χ3n) is 3.70. The van der Waals surface area contributed by atoms with Gasteiger partial charge in [0.2, 0.25) is 5.91 Å². The molecule has 1 fully saturated rings. The van der Waals surface area contributed by atoms with E-state index in [4.69, 9.17) is 5.73 Å². The molecular weight excluding hydrogens is 214 g/mol. The molecule has 4 nitrogen and oxygen atoms in total. The highest BCUT2D eigenvalue weighted by Gasteiger charge is 2.25. The lowest BCUT2D eigenvalue weighted by atomic mass is 9.93. The molecule has 17 heavy (non-hydrogen) atoms. The van der Waals surface area contributed by atoms with Crippen LogP contribution in [-0.2, 0) is 4.79 Å². The second kappa shape index (κ2) is 7.67. The third-order valence-corrected chi connectivity index (χ3v) is 3.70. The van der Waals surface area contributed by atoms with Crippen molar-refractivity contribution in [1.29, 1.82) is 0 Å². The first-order chi connectivity index (χ1) is 8.19. The minimum atomic E-state index is 0.0142. The second-order valence-electron chi connectivity index (χ2n) is 5.02. The first kappa shape index (κ1) is 14.5. The molecule has 0 bridgehead atoms. The SMILES string of the molecule is CCCNC(=O)C(C)N1CCC(CCN)CC1. The summed E-state index contributed by atoms with van der Waals surface area (Å²) in [7, 11) is 0. The van der Waals surface area contributed by atoms with E-state index in [2.05, 4.69) is 17.1 Å². The summed E-state index contributed by atoms with van der Waals surface area (Å²) in [6, 6.07) is 0.0142. The van der Waals surface area contributed by atoms with Gasteiger partial charge in [-0.15, -0.1) is 0 Å². The largest absolute Gasteiger partial charge is 0.355 e. The van der Waals surface area contributed by atoms with Crippen LogP contribution in [-0.4, -0.2) is 43.0 Å². The van der Waals surface area contributed by atoms with Crippen LogP contribution in [0.3, 0.4) is 0 Å². The zero-order valence-electron chi connectivity index (χ0n) is 11.2. The van der Waals surface area contributed by atoms with Crippen LogP contribution in [0.4, 0.5) is 0 Å². The molecule has 0 radical (unpaired) electrons. The van der Waals surface area contributed by atoms with Gasteiger partial charge in [0.15, 0.2) is 0 Å². The standard InChI is InChI=1S/C13H27N3O/c1-3-8-15-13(17)11(2)16-9-5-12(4-7-14)6-10-16/h11-12H,3-10,14H2,1-2H3,(H,15,17). The highest BCUT2D eigenvalue weighted by Crippen LogP contribution is 2.21. The van der Waals surface area contributed by atoms with Gasteiger partial charge in [-0.1, -0.05) is 6.92 Å². The Morgan fingerprint density at radius 2 is 2.12 bits per heavy atom. The van der Waals surface area contributed by atoms with E-state index in [1.54, 1.807) is 0 Å². The molecule has 1 aliphatic heterocycles. The number of nitrogens with one attached hydrogen (secondary N) is 1. The summed E-state index contributed by atoms with van der Waals surface area (Å²) in [4.78, 5) is 14.1. The maximum atomic E-state index is 11.8. The van der Waals surface area contributed by atoms with Gasteiger partial charge >= 0.3 is 0 Å². The Labute approximate surface area is 105 Å². The number of carbonyl (C=O) groups excluding carboxylic acids is 1. The van der Waals surface area contributed by atoms with E-state index in [0.717, 1.165) is 44.9 Å². The molecule has 100 valence electrons. The third kappa shape index (κ3) is 4.64. The lowest BCUT2D eigenvalue weighted by Crippen LogP contribution is -2.48. The Morgan fingerprint density at radius 1 is 1.47 bits per heavy atom. The molecule has 1 aliphatic rings. The molecule has 1 heterocycles. The van der Waals surface area contributed by atoms with E-state index in [1.165, 1.54) is 12.8 Å². The quantitative estimate of drug-likeness (QED) is 0.728. The predicted octanol–water partition coefficient (Wildman–Crippen LogP) is 0.962. The lowest BCUT2D eigenvalue weighted by molar-refractivity contribution is -0.126. The summed E-state index contributed by atoms with van der Waals surface area (Å²) in [5.41, 5.74) is 5.58. The molecule has 1 rings (SSSR count). The van der Waals surface area contributed by atoms with Crippen LogP contribution >= 0.6 is 0 Å². The maximum absolute atomic E-state index is 11.8. The Kier molecular flexibility index (Phi) is 6.52. The Bertz CT molecular complexity index is 225. The fourth-order valence-corrected chi connectivity index (χ4v) is 2.43. The zero-order valence-corrected chi connectivity index (χ0v) is 11.2. The van der Waals surface area contributed by atoms with Crippen LogP contribution in [0.15, 0.2) is 0 Å². The lowest BCUT2D eigenvalue weighted by Gasteiger charge is -2.35. The monoisotopic (exact) mass is 241 g/mol. The molecule has 0 saturated carbocycles. The van der Waals surface area contributed by atoms with Crippen molar-refractivity contribution in [2.45, 2.75) is 45.6 Å². The van der Waals surface area contributed by atoms with Crippen molar-refractivity contribution in [3.63, 3.8) is 0 Å². The summed E-state index contributed by atoms with van der Waals surface area (Å²) in [6.07, 6.45) is 4.49. The number of carbonyl (C=O) groups is 1. The number of nitrogens with two attached hydrogens (primary N) is 1. The minimum Gasteiger partial charge on any atom is -0.355 e. The molecule has 3 N–H and O–H groups in total. The minimum absolute atomic E-state index is 0.0142. The van der Waals surface area contributed by atoms with E-state index in [9.17, 15) is 4.79 Å². The van der Waals surface area contributed by atoms with E-state index < -0.39 is 0 Å². The van der Waals surface area contributed by atoms with Crippen LogP contribution in [0.2, 0.25) is 0 Å². The normalized spacial score (nSPS) is 20.2. The number of nitrogens with zero attached hydrogens (tertiary/aromatic N) is 1. The number of hydrogen-bond acceptors (Lipinski definition) is 3. The van der Waals surface area contributed by atoms with Crippen molar-refractivity contribution in [3.8, 4) is 0 Å². The van der Waals surface area contributed by atoms with Gasteiger partial charge in [-0.25, -0.2) is 0 Å². The van der Waals surface area contributed by atoms with Gasteiger partial charge in [0.05, 0.1) is 6.04 Å². The molecule has 0 spiro atoms. The Balaban J connectivity index is 2.29. The van der Waals surface area contributed by atoms with Gasteiger partial charge in [0.25, 0.3) is 0 Å². The molecule has 0 aromatic carbocycles. The first-order valence-electron chi connectivity index (χ1n) is 6.90. The number of likely N-dealkylation sites (tertiary alicyclic amines) is 1. The maximum Gasteiger partial charge on any atom is 0.237 e. The molecule has 0 aromatic rings. The van der Waals surface area contributed by atoms with Crippen molar-refractivity contribution in [2.75, 3.05) is 26.2 Å². The van der Waals surface area contributed by atoms with Crippen molar-refractivity contribution >= 4 is 5.91 Å². The van der Waals surface area contributed by atoms with E-state index in [0.29, 0.717) is 0 Å². The average molecular weight is 241 g/mol. The summed E-state index contributed by atoms with van der Waals surface area (Å²) in [5, 5.41) is 2.97. The van der Waals surface area contributed by atoms with E-state index in [1.807, 2.05) is 6.92 Å². The second-order valence-corrected chi connectivity index (χ2v) is 5.02. The summed E-state index contributed by atoms with van der Waals surface area (Å²) in [6.45, 7) is 7.72. The molecule has 0 aromatic heterocycles. The van der Waals surface area contributed by atoms with Crippen LogP contribution in [0.5, 0.6) is 0 Å². The van der Waals surface area contributed by atoms with Gasteiger partial charge < -0.3 is 11.1 Å². The van der Waals surface area contributed by atoms with Crippen molar-refractivity contribution < 1.29 is 4.79 Å². The number of hydrogen-bond donors (Lipinski definition) is 2. The molecule has 1 amide bonds. The highest BCUT2D eigenvalue weighted by atomic mass is 16.2. The van der Waals surface area contributed by atoms with Crippen LogP contribution in [0.1, 0.15) is 39.5 Å². The van der Waals surface area contributed by atoms with Crippen LogP contribution < -0.4 is 11.1 Å². The summed E-state index contributed by atoms with van der Waals surface area (Å²) in [5.74, 6) is 0.936. The summed E-state index contributed by atoms with van der Waals surface area (Å²) < 4.78 is 0. The van der Waals surface area contributed by atoms with Gasteiger partial charge in [-0.2, -0.15) is 0 Å². The van der Waals surface area contributed by atoms with Gasteiger partial charge in [0, 0.05) is 6.54 Å². The van der Waals surface area contributed by atoms with E-state index >= 15 is 0 Å². The number of rotatable bonds is 6. The Morgan fingerprint density at radius 3 is 2.65 bits per heavy atom. The van der Waals surface area contributed by atoms with Crippen LogP contribution in [0, 0.1) is 5.92 Å². The van der Waals surface area contributed by atoms with Gasteiger partial charge in [0.1, 0.15) is 0 Å². The number of piperidine rings is 1. The molecule has 1 saturated heterocycles. The molecule has 1 unspecified atom stereocenters. The van der Waals surface area contributed by atoms with Gasteiger partial charge in [-0.3, -0.25) is 9.69 Å².